The second kappa shape index (κ2) is 1.95. The fourth-order valence-corrected chi connectivity index (χ4v) is 6.25. The molecule has 0 aromatic carbocycles. The maximum Gasteiger partial charge on any atom is 0.134 e. The highest BCUT2D eigenvalue weighted by atomic mass is 31.1. The minimum absolute atomic E-state index is 0.197. The first-order valence-electron chi connectivity index (χ1n) is 4.93. The van der Waals surface area contributed by atoms with Gasteiger partial charge in [-0.15, -0.1) is 0 Å². The Balaban J connectivity index is 1.94. The maximum atomic E-state index is 11.5. The summed E-state index contributed by atoms with van der Waals surface area (Å²) in [5.74, 6) is 0.575. The highest BCUT2D eigenvalue weighted by Gasteiger charge is 2.63. The van der Waals surface area contributed by atoms with Gasteiger partial charge in [0, 0.05) is 12.8 Å². The molecule has 0 aromatic heterocycles. The van der Waals surface area contributed by atoms with Crippen LogP contribution in [0.4, 0.5) is 0 Å². The van der Waals surface area contributed by atoms with E-state index < -0.39 is 0 Å². The molecule has 2 aliphatic carbocycles. The zero-order chi connectivity index (χ0) is 8.40. The number of hydrogen-bond acceptors (Lipinski definition) is 1. The van der Waals surface area contributed by atoms with Crippen LogP contribution in [0.3, 0.4) is 0 Å². The molecular formula is C10H15OP. The van der Waals surface area contributed by atoms with Crippen LogP contribution < -0.4 is 0 Å². The summed E-state index contributed by atoms with van der Waals surface area (Å²) in [7, 11) is 0.197. The normalized spacial score (nSPS) is 35.9. The van der Waals surface area contributed by atoms with Crippen molar-refractivity contribution < 1.29 is 4.79 Å². The number of carbonyl (C=O) groups is 1. The molecule has 1 aliphatic heterocycles. The van der Waals surface area contributed by atoms with Gasteiger partial charge in [0.25, 0.3) is 0 Å². The fourth-order valence-electron chi connectivity index (χ4n) is 2.85. The van der Waals surface area contributed by atoms with E-state index in [1.54, 1.807) is 0 Å². The molecule has 2 spiro atoms. The van der Waals surface area contributed by atoms with Crippen LogP contribution in [0, 0.1) is 0 Å². The molecule has 66 valence electrons. The van der Waals surface area contributed by atoms with Gasteiger partial charge in [0.2, 0.25) is 0 Å². The van der Waals surface area contributed by atoms with Crippen LogP contribution in [0.5, 0.6) is 0 Å². The minimum Gasteiger partial charge on any atom is -0.300 e. The average molecular weight is 182 g/mol. The van der Waals surface area contributed by atoms with Gasteiger partial charge < -0.3 is 0 Å². The zero-order valence-corrected chi connectivity index (χ0v) is 8.49. The highest BCUT2D eigenvalue weighted by Crippen LogP contribution is 2.79. The molecule has 2 saturated carbocycles. The van der Waals surface area contributed by atoms with Gasteiger partial charge in [0.1, 0.15) is 5.78 Å². The summed E-state index contributed by atoms with van der Waals surface area (Å²) in [6.07, 6.45) is 7.34. The molecule has 3 rings (SSSR count). The second-order valence-corrected chi connectivity index (χ2v) is 7.92. The van der Waals surface area contributed by atoms with E-state index in [2.05, 4.69) is 6.66 Å². The second-order valence-electron chi connectivity index (χ2n) is 4.90. The number of ketones is 1. The van der Waals surface area contributed by atoms with Gasteiger partial charge in [-0.2, -0.15) is 0 Å². The highest BCUT2D eigenvalue weighted by molar-refractivity contribution is 7.61. The molecule has 1 heterocycles. The molecule has 0 aromatic rings. The van der Waals surface area contributed by atoms with E-state index in [1.807, 2.05) is 0 Å². The van der Waals surface area contributed by atoms with E-state index in [1.165, 1.54) is 25.7 Å². The summed E-state index contributed by atoms with van der Waals surface area (Å²) in [6, 6.07) is 0. The van der Waals surface area contributed by atoms with E-state index in [4.69, 9.17) is 0 Å². The Bertz CT molecular complexity index is 227. The first-order valence-corrected chi connectivity index (χ1v) is 6.72. The Morgan fingerprint density at radius 1 is 1.08 bits per heavy atom. The smallest absolute Gasteiger partial charge is 0.134 e. The number of carbonyl (C=O) groups excluding carboxylic acids is 1. The predicted molar refractivity (Wildman–Crippen MR) is 51.0 cm³/mol. The van der Waals surface area contributed by atoms with Crippen molar-refractivity contribution in [1.82, 2.24) is 0 Å². The van der Waals surface area contributed by atoms with Crippen molar-refractivity contribution in [2.45, 2.75) is 48.8 Å². The maximum absolute atomic E-state index is 11.5. The van der Waals surface area contributed by atoms with Crippen molar-refractivity contribution in [2.24, 2.45) is 0 Å². The van der Waals surface area contributed by atoms with E-state index in [0.717, 1.165) is 12.8 Å². The fraction of sp³-hybridized carbons (Fsp3) is 0.900. The summed E-state index contributed by atoms with van der Waals surface area (Å²) in [6.45, 7) is 2.46. The number of hydrogen-bond donors (Lipinski definition) is 0. The van der Waals surface area contributed by atoms with E-state index >= 15 is 0 Å². The van der Waals surface area contributed by atoms with Gasteiger partial charge in [0.05, 0.1) is 0 Å². The largest absolute Gasteiger partial charge is 0.300 e. The molecule has 0 N–H and O–H groups in total. The Kier molecular flexibility index (Phi) is 1.22. The predicted octanol–water partition coefficient (Wildman–Crippen LogP) is 2.53. The first-order chi connectivity index (χ1) is 5.67. The first kappa shape index (κ1) is 7.50. The lowest BCUT2D eigenvalue weighted by Crippen LogP contribution is -2.29. The van der Waals surface area contributed by atoms with E-state index in [-0.39, 0.29) is 7.92 Å². The van der Waals surface area contributed by atoms with Crippen LogP contribution in [0.25, 0.3) is 0 Å². The van der Waals surface area contributed by atoms with Gasteiger partial charge in [-0.05, 0) is 42.7 Å². The summed E-state index contributed by atoms with van der Waals surface area (Å²) < 4.78 is 0. The third-order valence-electron chi connectivity index (χ3n) is 4.13. The molecule has 1 nitrogen and oxygen atoms in total. The lowest BCUT2D eigenvalue weighted by atomic mass is 10.1. The van der Waals surface area contributed by atoms with Gasteiger partial charge in [-0.3, -0.25) is 4.79 Å². The molecule has 0 unspecified atom stereocenters. The molecule has 3 aliphatic rings. The van der Waals surface area contributed by atoms with Crippen molar-refractivity contribution >= 4 is 13.7 Å². The molecule has 0 radical (unpaired) electrons. The van der Waals surface area contributed by atoms with Crippen molar-refractivity contribution in [2.75, 3.05) is 6.66 Å². The van der Waals surface area contributed by atoms with Gasteiger partial charge in [-0.25, -0.2) is 0 Å². The van der Waals surface area contributed by atoms with Crippen molar-refractivity contribution in [3.8, 4) is 0 Å². The lowest BCUT2D eigenvalue weighted by Gasteiger charge is -2.36. The summed E-state index contributed by atoms with van der Waals surface area (Å²) in [5.41, 5.74) is 0. The van der Waals surface area contributed by atoms with Crippen LogP contribution in [0.1, 0.15) is 38.5 Å². The molecule has 0 bridgehead atoms. The number of Topliss-reactive ketones (excluding diaryl/α,β-unsaturated/α-hetero) is 1. The minimum atomic E-state index is 0.197. The van der Waals surface area contributed by atoms with Crippen molar-refractivity contribution in [3.63, 3.8) is 0 Å². The molecule has 12 heavy (non-hydrogen) atoms. The van der Waals surface area contributed by atoms with Crippen LogP contribution in [0.15, 0.2) is 0 Å². The Hall–Kier alpha value is 0.100. The third-order valence-corrected chi connectivity index (χ3v) is 8.19. The summed E-state index contributed by atoms with van der Waals surface area (Å²) in [5, 5.41) is 1.14. The Morgan fingerprint density at radius 2 is 1.50 bits per heavy atom. The molecule has 2 heteroatoms. The van der Waals surface area contributed by atoms with Crippen molar-refractivity contribution in [1.29, 1.82) is 0 Å². The summed E-state index contributed by atoms with van der Waals surface area (Å²) >= 11 is 0. The standard InChI is InChI=1S/C10H15OP/c1-12-9(2-3-9)6-8(11)7-10(12)4-5-10/h2-7H2,1H3. The molecule has 1 saturated heterocycles. The molecular weight excluding hydrogens is 167 g/mol. The van der Waals surface area contributed by atoms with Crippen LogP contribution >= 0.6 is 7.92 Å². The Morgan fingerprint density at radius 3 is 1.83 bits per heavy atom. The number of rotatable bonds is 0. The van der Waals surface area contributed by atoms with E-state index in [0.29, 0.717) is 16.1 Å². The molecule has 3 fully saturated rings. The Labute approximate surface area is 74.7 Å². The van der Waals surface area contributed by atoms with Crippen LogP contribution in [-0.2, 0) is 4.79 Å². The zero-order valence-electron chi connectivity index (χ0n) is 7.60. The molecule has 0 atom stereocenters. The SMILES string of the molecule is CP1C2(CC2)CC(=O)CC12CC2. The topological polar surface area (TPSA) is 17.1 Å². The third kappa shape index (κ3) is 0.812. The van der Waals surface area contributed by atoms with Gasteiger partial charge >= 0.3 is 0 Å². The quantitative estimate of drug-likeness (QED) is 0.526. The van der Waals surface area contributed by atoms with E-state index in [9.17, 15) is 4.79 Å². The van der Waals surface area contributed by atoms with Gasteiger partial charge in [0.15, 0.2) is 0 Å². The monoisotopic (exact) mass is 182 g/mol. The van der Waals surface area contributed by atoms with Crippen molar-refractivity contribution in [3.05, 3.63) is 0 Å². The average Bonchev–Trinajstić information content (AvgIpc) is 2.85. The van der Waals surface area contributed by atoms with Gasteiger partial charge in [-0.1, -0.05) is 7.92 Å². The summed E-state index contributed by atoms with van der Waals surface area (Å²) in [4.78, 5) is 11.5. The van der Waals surface area contributed by atoms with Crippen LogP contribution in [-0.4, -0.2) is 22.8 Å². The lowest BCUT2D eigenvalue weighted by molar-refractivity contribution is -0.119. The molecule has 0 amide bonds. The van der Waals surface area contributed by atoms with Crippen LogP contribution in [0.2, 0.25) is 0 Å².